The van der Waals surface area contributed by atoms with Crippen molar-refractivity contribution >= 4 is 6.09 Å². The van der Waals surface area contributed by atoms with Crippen LogP contribution in [0.2, 0.25) is 0 Å². The smallest absolute Gasteiger partial charge is 0.407 e. The first-order valence-corrected chi connectivity index (χ1v) is 5.45. The van der Waals surface area contributed by atoms with E-state index in [1.165, 1.54) is 4.90 Å². The summed E-state index contributed by atoms with van der Waals surface area (Å²) >= 11 is 0. The third-order valence-corrected chi connectivity index (χ3v) is 4.37. The first-order valence-electron chi connectivity index (χ1n) is 5.45. The number of hydrogen-bond acceptors (Lipinski definition) is 2. The topological polar surface area (TPSA) is 60.8 Å². The molecular weight excluding hydrogens is 194 g/mol. The Balaban J connectivity index is 2.31. The minimum Gasteiger partial charge on any atom is -0.465 e. The molecule has 15 heavy (non-hydrogen) atoms. The predicted octanol–water partition coefficient (Wildman–Crippen LogP) is 1.54. The summed E-state index contributed by atoms with van der Waals surface area (Å²) in [6, 6.07) is 0.0247. The van der Waals surface area contributed by atoms with Gasteiger partial charge in [-0.1, -0.05) is 20.8 Å². The van der Waals surface area contributed by atoms with E-state index in [4.69, 9.17) is 5.11 Å². The lowest BCUT2D eigenvalue weighted by molar-refractivity contribution is -0.0468. The van der Waals surface area contributed by atoms with Gasteiger partial charge in [-0.05, 0) is 18.3 Å². The molecule has 2 unspecified atom stereocenters. The fourth-order valence-corrected chi connectivity index (χ4v) is 3.23. The summed E-state index contributed by atoms with van der Waals surface area (Å²) < 4.78 is 0. The monoisotopic (exact) mass is 213 g/mol. The Labute approximate surface area is 89.9 Å². The van der Waals surface area contributed by atoms with Gasteiger partial charge in [-0.3, -0.25) is 0 Å². The van der Waals surface area contributed by atoms with E-state index >= 15 is 0 Å². The quantitative estimate of drug-likeness (QED) is 0.641. The number of piperidine rings is 1. The van der Waals surface area contributed by atoms with E-state index in [1.54, 1.807) is 0 Å². The number of amides is 1. The largest absolute Gasteiger partial charge is 0.465 e. The molecule has 0 spiro atoms. The van der Waals surface area contributed by atoms with Gasteiger partial charge in [0.15, 0.2) is 0 Å². The molecule has 86 valence electrons. The number of carbonyl (C=O) groups is 1. The van der Waals surface area contributed by atoms with Crippen LogP contribution in [0.1, 0.15) is 33.6 Å². The van der Waals surface area contributed by atoms with Crippen molar-refractivity contribution in [3.05, 3.63) is 0 Å². The van der Waals surface area contributed by atoms with Gasteiger partial charge in [-0.2, -0.15) is 0 Å². The second-order valence-electron chi connectivity index (χ2n) is 5.93. The Morgan fingerprint density at radius 1 is 1.47 bits per heavy atom. The van der Waals surface area contributed by atoms with Gasteiger partial charge in [0.1, 0.15) is 0 Å². The summed E-state index contributed by atoms with van der Waals surface area (Å²) in [5.41, 5.74) is -0.290. The SMILES string of the molecule is CC(C)(C)C12C[C@@H](CC1O)N(C(=O)O)C2. The number of hydrogen-bond donors (Lipinski definition) is 2. The van der Waals surface area contributed by atoms with Crippen LogP contribution in [0.15, 0.2) is 0 Å². The molecule has 1 saturated carbocycles. The van der Waals surface area contributed by atoms with E-state index < -0.39 is 6.09 Å². The number of aliphatic hydroxyl groups excluding tert-OH is 1. The number of likely N-dealkylation sites (tertiary alicyclic amines) is 1. The van der Waals surface area contributed by atoms with Crippen molar-refractivity contribution in [3.63, 3.8) is 0 Å². The van der Waals surface area contributed by atoms with Gasteiger partial charge in [0.05, 0.1) is 6.10 Å². The van der Waals surface area contributed by atoms with E-state index in [0.717, 1.165) is 6.42 Å². The lowest BCUT2D eigenvalue weighted by Crippen LogP contribution is -2.50. The average molecular weight is 213 g/mol. The molecule has 1 saturated heterocycles. The first kappa shape index (κ1) is 10.7. The second-order valence-corrected chi connectivity index (χ2v) is 5.93. The molecule has 0 aromatic carbocycles. The first-order chi connectivity index (χ1) is 6.78. The van der Waals surface area contributed by atoms with Crippen LogP contribution in [0.4, 0.5) is 4.79 Å². The van der Waals surface area contributed by atoms with E-state index in [2.05, 4.69) is 20.8 Å². The average Bonchev–Trinajstić information content (AvgIpc) is 2.56. The molecule has 3 atom stereocenters. The van der Waals surface area contributed by atoms with Gasteiger partial charge in [0.25, 0.3) is 0 Å². The van der Waals surface area contributed by atoms with Crippen LogP contribution in [-0.2, 0) is 0 Å². The minimum atomic E-state index is -0.849. The Morgan fingerprint density at radius 3 is 2.47 bits per heavy atom. The number of rotatable bonds is 0. The molecular formula is C11H19NO3. The van der Waals surface area contributed by atoms with E-state index in [9.17, 15) is 9.90 Å². The molecule has 2 bridgehead atoms. The molecule has 0 aromatic rings. The second kappa shape index (κ2) is 2.88. The molecule has 1 heterocycles. The highest BCUT2D eigenvalue weighted by Gasteiger charge is 2.61. The maximum absolute atomic E-state index is 11.0. The van der Waals surface area contributed by atoms with Gasteiger partial charge < -0.3 is 15.1 Å². The molecule has 2 aliphatic rings. The van der Waals surface area contributed by atoms with E-state index in [-0.39, 0.29) is 23.0 Å². The van der Waals surface area contributed by atoms with Crippen LogP contribution in [0.25, 0.3) is 0 Å². The Morgan fingerprint density at radius 2 is 2.07 bits per heavy atom. The molecule has 2 N–H and O–H groups in total. The number of fused-ring (bicyclic) bond motifs is 2. The lowest BCUT2D eigenvalue weighted by atomic mass is 9.64. The van der Waals surface area contributed by atoms with Crippen molar-refractivity contribution in [1.29, 1.82) is 0 Å². The van der Waals surface area contributed by atoms with E-state index in [1.807, 2.05) is 0 Å². The number of nitrogens with zero attached hydrogens (tertiary/aromatic N) is 1. The molecule has 2 fully saturated rings. The summed E-state index contributed by atoms with van der Waals surface area (Å²) in [4.78, 5) is 12.5. The normalized spacial score (nSPS) is 39.9. The lowest BCUT2D eigenvalue weighted by Gasteiger charge is -2.44. The van der Waals surface area contributed by atoms with Gasteiger partial charge in [0.2, 0.25) is 0 Å². The van der Waals surface area contributed by atoms with Crippen LogP contribution in [0.3, 0.4) is 0 Å². The Bertz CT molecular complexity index is 297. The van der Waals surface area contributed by atoms with Gasteiger partial charge in [-0.15, -0.1) is 0 Å². The summed E-state index contributed by atoms with van der Waals surface area (Å²) in [6.45, 7) is 6.75. The number of aliphatic hydroxyl groups is 1. The molecule has 1 aliphatic carbocycles. The van der Waals surface area contributed by atoms with Crippen molar-refractivity contribution in [2.45, 2.75) is 45.8 Å². The molecule has 2 rings (SSSR count). The van der Waals surface area contributed by atoms with Crippen LogP contribution in [-0.4, -0.2) is 39.9 Å². The summed E-state index contributed by atoms with van der Waals surface area (Å²) in [5, 5.41) is 19.1. The van der Waals surface area contributed by atoms with Crippen LogP contribution < -0.4 is 0 Å². The van der Waals surface area contributed by atoms with Crippen LogP contribution in [0.5, 0.6) is 0 Å². The van der Waals surface area contributed by atoms with Crippen molar-refractivity contribution in [2.75, 3.05) is 6.54 Å². The maximum atomic E-state index is 11.0. The molecule has 1 aliphatic heterocycles. The zero-order valence-corrected chi connectivity index (χ0v) is 9.53. The zero-order valence-electron chi connectivity index (χ0n) is 9.53. The van der Waals surface area contributed by atoms with Crippen molar-refractivity contribution in [1.82, 2.24) is 4.90 Å². The van der Waals surface area contributed by atoms with Crippen LogP contribution in [0, 0.1) is 10.8 Å². The van der Waals surface area contributed by atoms with Crippen molar-refractivity contribution < 1.29 is 15.0 Å². The summed E-state index contributed by atoms with van der Waals surface area (Å²) in [5.74, 6) is 0. The van der Waals surface area contributed by atoms with Crippen molar-refractivity contribution in [2.24, 2.45) is 10.8 Å². The predicted molar refractivity (Wildman–Crippen MR) is 55.6 cm³/mol. The van der Waals surface area contributed by atoms with E-state index in [0.29, 0.717) is 13.0 Å². The third-order valence-electron chi connectivity index (χ3n) is 4.37. The zero-order chi connectivity index (χ0) is 11.4. The molecule has 4 nitrogen and oxygen atoms in total. The van der Waals surface area contributed by atoms with Gasteiger partial charge in [0, 0.05) is 18.0 Å². The van der Waals surface area contributed by atoms with Gasteiger partial charge in [-0.25, -0.2) is 4.79 Å². The Kier molecular flexibility index (Phi) is 2.06. The summed E-state index contributed by atoms with van der Waals surface area (Å²) in [7, 11) is 0. The molecule has 0 aromatic heterocycles. The third kappa shape index (κ3) is 1.27. The van der Waals surface area contributed by atoms with Gasteiger partial charge >= 0.3 is 6.09 Å². The molecule has 0 radical (unpaired) electrons. The standard InChI is InChI=1S/C11H19NO3/c1-10(2,3)11-5-7(4-8(11)13)12(6-11)9(14)15/h7-8,13H,4-6H2,1-3H3,(H,14,15)/t7-,8?,11?/m1/s1. The molecule has 4 heteroatoms. The number of carboxylic acid groups (broad SMARTS) is 1. The molecule has 1 amide bonds. The highest BCUT2D eigenvalue weighted by atomic mass is 16.4. The summed E-state index contributed by atoms with van der Waals surface area (Å²) in [6.07, 6.45) is 0.212. The fraction of sp³-hybridized carbons (Fsp3) is 0.909. The van der Waals surface area contributed by atoms with Crippen molar-refractivity contribution in [3.8, 4) is 0 Å². The highest BCUT2D eigenvalue weighted by molar-refractivity contribution is 5.66. The fourth-order valence-electron chi connectivity index (χ4n) is 3.23. The minimum absolute atomic E-state index is 0.0247. The highest BCUT2D eigenvalue weighted by Crippen LogP contribution is 2.57. The van der Waals surface area contributed by atoms with Crippen LogP contribution >= 0.6 is 0 Å². The Hall–Kier alpha value is -0.770. The maximum Gasteiger partial charge on any atom is 0.407 e.